The third-order valence-electron chi connectivity index (χ3n) is 2.98. The van der Waals surface area contributed by atoms with Crippen LogP contribution in [0.5, 0.6) is 5.75 Å². The van der Waals surface area contributed by atoms with Crippen LogP contribution < -0.4 is 4.74 Å². The van der Waals surface area contributed by atoms with Crippen LogP contribution in [0.2, 0.25) is 19.6 Å². The molecule has 0 aliphatic rings. The summed E-state index contributed by atoms with van der Waals surface area (Å²) >= 11 is 0. The Balaban J connectivity index is 2.69. The Hall–Kier alpha value is -1.28. The van der Waals surface area contributed by atoms with Gasteiger partial charge in [0.05, 0.1) is 13.7 Å². The topological polar surface area (TPSA) is 38.7 Å². The normalized spacial score (nSPS) is 14.0. The molecule has 0 saturated carbocycles. The number of rotatable bonds is 6. The van der Waals surface area contributed by atoms with E-state index in [0.29, 0.717) is 6.61 Å². The highest BCUT2D eigenvalue weighted by molar-refractivity contribution is 6.83. The molecule has 3 nitrogen and oxygen atoms in total. The van der Waals surface area contributed by atoms with E-state index in [0.717, 1.165) is 11.3 Å². The Morgan fingerprint density at radius 1 is 1.19 bits per heavy atom. The van der Waals surface area contributed by atoms with E-state index in [-0.39, 0.29) is 18.6 Å². The first-order valence-corrected chi connectivity index (χ1v) is 10.7. The molecular formula is C17H26O3Si. The first-order valence-electron chi connectivity index (χ1n) is 7.24. The molecule has 0 aliphatic carbocycles. The summed E-state index contributed by atoms with van der Waals surface area (Å²) in [5, 5.41) is 9.35. The lowest BCUT2D eigenvalue weighted by Gasteiger charge is -2.18. The average molecular weight is 306 g/mol. The summed E-state index contributed by atoms with van der Waals surface area (Å²) in [6.45, 7) is 9.11. The quantitative estimate of drug-likeness (QED) is 0.648. The smallest absolute Gasteiger partial charge is 0.129 e. The van der Waals surface area contributed by atoms with Gasteiger partial charge in [-0.1, -0.05) is 44.6 Å². The lowest BCUT2D eigenvalue weighted by molar-refractivity contribution is 0.0254. The third-order valence-corrected chi connectivity index (χ3v) is 3.88. The Kier molecular flexibility index (Phi) is 6.96. The molecule has 1 aromatic rings. The van der Waals surface area contributed by atoms with Gasteiger partial charge in [0.25, 0.3) is 0 Å². The molecule has 0 aromatic heterocycles. The minimum absolute atomic E-state index is 0.00657. The lowest BCUT2D eigenvalue weighted by atomic mass is 10.1. The molecule has 1 N–H and O–H groups in total. The van der Waals surface area contributed by atoms with Crippen molar-refractivity contribution in [2.24, 2.45) is 5.92 Å². The van der Waals surface area contributed by atoms with Gasteiger partial charge in [0.15, 0.2) is 0 Å². The van der Waals surface area contributed by atoms with Gasteiger partial charge in [0, 0.05) is 12.5 Å². The maximum Gasteiger partial charge on any atom is 0.129 e. The molecule has 1 aromatic carbocycles. The molecule has 1 rings (SSSR count). The fraction of sp³-hybridized carbons (Fsp3) is 0.529. The van der Waals surface area contributed by atoms with Crippen molar-refractivity contribution in [2.75, 3.05) is 13.7 Å². The van der Waals surface area contributed by atoms with Crippen LogP contribution in [-0.4, -0.2) is 33.0 Å². The Morgan fingerprint density at radius 2 is 1.81 bits per heavy atom. The number of benzene rings is 1. The zero-order chi connectivity index (χ0) is 15.9. The molecule has 0 radical (unpaired) electrons. The second-order valence-electron chi connectivity index (χ2n) is 6.26. The highest BCUT2D eigenvalue weighted by Gasteiger charge is 2.16. The average Bonchev–Trinajstić information content (AvgIpc) is 2.46. The number of hydrogen-bond acceptors (Lipinski definition) is 3. The number of ether oxygens (including phenoxy) is 2. The molecule has 2 atom stereocenters. The van der Waals surface area contributed by atoms with Crippen LogP contribution in [0, 0.1) is 17.4 Å². The maximum atomic E-state index is 9.35. The molecule has 0 saturated heterocycles. The molecule has 0 heterocycles. The molecule has 4 heteroatoms. The third kappa shape index (κ3) is 6.81. The molecule has 0 bridgehead atoms. The highest BCUT2D eigenvalue weighted by Crippen LogP contribution is 2.14. The minimum atomic E-state index is -1.44. The monoisotopic (exact) mass is 306 g/mol. The van der Waals surface area contributed by atoms with Gasteiger partial charge in [-0.3, -0.25) is 0 Å². The summed E-state index contributed by atoms with van der Waals surface area (Å²) in [7, 11) is 0.211. The standard InChI is InChI=1S/C17H26O3Si/c1-14(12-18)17(10-11-21(3,4)5)20-13-15-6-8-16(19-2)9-7-15/h6-9,14,17-18H,12-13H2,1-5H3/t14-,17+/m0/s1. The van der Waals surface area contributed by atoms with E-state index in [1.807, 2.05) is 31.2 Å². The number of methoxy groups -OCH3 is 1. The zero-order valence-corrected chi connectivity index (χ0v) is 14.6. The highest BCUT2D eigenvalue weighted by atomic mass is 28.3. The number of aliphatic hydroxyl groups excluding tert-OH is 1. The van der Waals surface area contributed by atoms with E-state index in [4.69, 9.17) is 9.47 Å². The summed E-state index contributed by atoms with van der Waals surface area (Å²) in [6, 6.07) is 7.78. The summed E-state index contributed by atoms with van der Waals surface area (Å²) in [6.07, 6.45) is -0.233. The van der Waals surface area contributed by atoms with Crippen LogP contribution in [-0.2, 0) is 11.3 Å². The van der Waals surface area contributed by atoms with Crippen molar-refractivity contribution in [3.63, 3.8) is 0 Å². The summed E-state index contributed by atoms with van der Waals surface area (Å²) in [5.74, 6) is 4.05. The van der Waals surface area contributed by atoms with Gasteiger partial charge in [-0.05, 0) is 17.7 Å². The van der Waals surface area contributed by atoms with Crippen LogP contribution in [0.15, 0.2) is 24.3 Å². The van der Waals surface area contributed by atoms with Gasteiger partial charge in [0.2, 0.25) is 0 Å². The van der Waals surface area contributed by atoms with Crippen molar-refractivity contribution in [1.82, 2.24) is 0 Å². The molecule has 0 unspecified atom stereocenters. The van der Waals surface area contributed by atoms with Crippen LogP contribution in [0.3, 0.4) is 0 Å². The van der Waals surface area contributed by atoms with Crippen molar-refractivity contribution in [3.8, 4) is 17.2 Å². The second kappa shape index (κ2) is 8.23. The van der Waals surface area contributed by atoms with Gasteiger partial charge in [-0.25, -0.2) is 0 Å². The Morgan fingerprint density at radius 3 is 2.29 bits per heavy atom. The lowest BCUT2D eigenvalue weighted by Crippen LogP contribution is -2.25. The predicted octanol–water partition coefficient (Wildman–Crippen LogP) is 3.09. The van der Waals surface area contributed by atoms with E-state index in [2.05, 4.69) is 31.1 Å². The fourth-order valence-corrected chi connectivity index (χ4v) is 2.21. The van der Waals surface area contributed by atoms with Crippen LogP contribution >= 0.6 is 0 Å². The van der Waals surface area contributed by atoms with Gasteiger partial charge in [0.1, 0.15) is 19.9 Å². The van der Waals surface area contributed by atoms with E-state index in [1.165, 1.54) is 0 Å². The molecule has 0 aliphatic heterocycles. The van der Waals surface area contributed by atoms with Crippen LogP contribution in [0.1, 0.15) is 12.5 Å². The molecule has 116 valence electrons. The van der Waals surface area contributed by atoms with Gasteiger partial charge >= 0.3 is 0 Å². The second-order valence-corrected chi connectivity index (χ2v) is 11.0. The summed E-state index contributed by atoms with van der Waals surface area (Å²) in [4.78, 5) is 0. The van der Waals surface area contributed by atoms with E-state index < -0.39 is 8.07 Å². The largest absolute Gasteiger partial charge is 0.497 e. The summed E-state index contributed by atoms with van der Waals surface area (Å²) in [5.41, 5.74) is 4.39. The van der Waals surface area contributed by atoms with Gasteiger partial charge in [-0.15, -0.1) is 5.54 Å². The van der Waals surface area contributed by atoms with Crippen molar-refractivity contribution in [1.29, 1.82) is 0 Å². The first kappa shape index (κ1) is 17.8. The first-order chi connectivity index (χ1) is 9.85. The molecule has 0 amide bonds. The Labute approximate surface area is 129 Å². The fourth-order valence-electron chi connectivity index (χ4n) is 1.64. The number of aliphatic hydroxyl groups is 1. The SMILES string of the molecule is COc1ccc(CO[C@H](C#C[Si](C)(C)C)[C@@H](C)CO)cc1. The Bertz CT molecular complexity index is 479. The van der Waals surface area contributed by atoms with Crippen molar-refractivity contribution in [2.45, 2.75) is 39.3 Å². The van der Waals surface area contributed by atoms with Crippen LogP contribution in [0.25, 0.3) is 0 Å². The van der Waals surface area contributed by atoms with E-state index in [1.54, 1.807) is 7.11 Å². The van der Waals surface area contributed by atoms with Gasteiger partial charge in [-0.2, -0.15) is 0 Å². The van der Waals surface area contributed by atoms with Crippen molar-refractivity contribution in [3.05, 3.63) is 29.8 Å². The molecule has 0 spiro atoms. The molecular weight excluding hydrogens is 280 g/mol. The summed E-state index contributed by atoms with van der Waals surface area (Å²) < 4.78 is 11.0. The maximum absolute atomic E-state index is 9.35. The van der Waals surface area contributed by atoms with Crippen molar-refractivity contribution >= 4 is 8.07 Å². The molecule has 0 fully saturated rings. The minimum Gasteiger partial charge on any atom is -0.497 e. The van der Waals surface area contributed by atoms with Gasteiger partial charge < -0.3 is 14.6 Å². The van der Waals surface area contributed by atoms with Crippen molar-refractivity contribution < 1.29 is 14.6 Å². The van der Waals surface area contributed by atoms with E-state index in [9.17, 15) is 5.11 Å². The molecule has 21 heavy (non-hydrogen) atoms. The number of hydrogen-bond donors (Lipinski definition) is 1. The van der Waals surface area contributed by atoms with E-state index >= 15 is 0 Å². The van der Waals surface area contributed by atoms with Crippen LogP contribution in [0.4, 0.5) is 0 Å². The zero-order valence-electron chi connectivity index (χ0n) is 13.6. The predicted molar refractivity (Wildman–Crippen MR) is 88.9 cm³/mol.